The van der Waals surface area contributed by atoms with Gasteiger partial charge < -0.3 is 20.1 Å². The molecule has 32 heavy (non-hydrogen) atoms. The van der Waals surface area contributed by atoms with Crippen molar-refractivity contribution in [3.05, 3.63) is 86.9 Å². The molecule has 0 saturated heterocycles. The van der Waals surface area contributed by atoms with Crippen molar-refractivity contribution in [2.24, 2.45) is 0 Å². The van der Waals surface area contributed by atoms with Crippen molar-refractivity contribution < 1.29 is 24.0 Å². The summed E-state index contributed by atoms with van der Waals surface area (Å²) < 4.78 is 11.0. The molecule has 0 aliphatic rings. The van der Waals surface area contributed by atoms with E-state index in [2.05, 4.69) is 10.6 Å². The Morgan fingerprint density at radius 1 is 0.969 bits per heavy atom. The minimum Gasteiger partial charge on any atom is -0.493 e. The summed E-state index contributed by atoms with van der Waals surface area (Å²) >= 11 is 5.83. The summed E-state index contributed by atoms with van der Waals surface area (Å²) in [5.74, 6) is -0.508. The molecule has 164 valence electrons. The van der Waals surface area contributed by atoms with Crippen LogP contribution in [0.15, 0.2) is 60.7 Å². The van der Waals surface area contributed by atoms with Crippen molar-refractivity contribution in [2.75, 3.05) is 19.5 Å². The highest BCUT2D eigenvalue weighted by Crippen LogP contribution is 2.38. The van der Waals surface area contributed by atoms with Crippen LogP contribution < -0.4 is 20.1 Å². The number of rotatable bonds is 7. The molecule has 0 bridgehead atoms. The average Bonchev–Trinajstić information content (AvgIpc) is 2.80. The van der Waals surface area contributed by atoms with E-state index < -0.39 is 10.8 Å². The third-order valence-electron chi connectivity index (χ3n) is 4.41. The van der Waals surface area contributed by atoms with Crippen LogP contribution in [0.4, 0.5) is 11.4 Å². The second kappa shape index (κ2) is 9.80. The van der Waals surface area contributed by atoms with E-state index in [4.69, 9.17) is 21.1 Å². The van der Waals surface area contributed by atoms with Crippen LogP contribution in [0.1, 0.15) is 20.7 Å². The van der Waals surface area contributed by atoms with E-state index in [1.807, 2.05) is 0 Å². The number of carbonyl (C=O) groups excluding carboxylic acids is 2. The maximum atomic E-state index is 12.8. The summed E-state index contributed by atoms with van der Waals surface area (Å²) in [5, 5.41) is 16.7. The summed E-state index contributed by atoms with van der Waals surface area (Å²) in [6, 6.07) is 14.9. The fraction of sp³-hybridized carbons (Fsp3) is 0.0909. The number of nitrogens with zero attached hydrogens (tertiary/aromatic N) is 1. The first-order chi connectivity index (χ1) is 15.3. The molecule has 2 N–H and O–H groups in total. The number of nitro groups is 1. The van der Waals surface area contributed by atoms with Crippen LogP contribution in [0, 0.1) is 10.1 Å². The Morgan fingerprint density at radius 3 is 2.38 bits per heavy atom. The molecule has 0 heterocycles. The van der Waals surface area contributed by atoms with Gasteiger partial charge in [0, 0.05) is 23.7 Å². The molecule has 0 saturated carbocycles. The van der Waals surface area contributed by atoms with E-state index in [1.54, 1.807) is 24.3 Å². The molecule has 0 radical (unpaired) electrons. The van der Waals surface area contributed by atoms with Gasteiger partial charge >= 0.3 is 5.69 Å². The molecule has 0 aliphatic carbocycles. The normalized spacial score (nSPS) is 10.2. The van der Waals surface area contributed by atoms with Gasteiger partial charge in [0.15, 0.2) is 11.5 Å². The van der Waals surface area contributed by atoms with Crippen LogP contribution in [-0.2, 0) is 0 Å². The van der Waals surface area contributed by atoms with Gasteiger partial charge in [-0.25, -0.2) is 0 Å². The monoisotopic (exact) mass is 455 g/mol. The predicted molar refractivity (Wildman–Crippen MR) is 119 cm³/mol. The second-order valence-corrected chi connectivity index (χ2v) is 6.85. The minimum absolute atomic E-state index is 0.0330. The summed E-state index contributed by atoms with van der Waals surface area (Å²) in [7, 11) is 2.87. The van der Waals surface area contributed by atoms with Crippen LogP contribution in [-0.4, -0.2) is 30.9 Å². The number of halogens is 1. The molecule has 0 spiro atoms. The number of hydrogen-bond acceptors (Lipinski definition) is 6. The van der Waals surface area contributed by atoms with Gasteiger partial charge in [0.25, 0.3) is 11.8 Å². The molecule has 0 aromatic heterocycles. The van der Waals surface area contributed by atoms with Gasteiger partial charge in [-0.05, 0) is 42.5 Å². The highest BCUT2D eigenvalue weighted by atomic mass is 35.5. The van der Waals surface area contributed by atoms with E-state index in [0.717, 1.165) is 0 Å². The highest BCUT2D eigenvalue weighted by molar-refractivity contribution is 6.30. The maximum Gasteiger partial charge on any atom is 0.313 e. The standard InChI is InChI=1S/C22H18ClN3O6/c1-24-22(28)15-5-3-4-6-16(15)25-21(27)13-7-9-19(20(11-13)31-2)32-18-10-8-14(23)12-17(18)26(29)30/h3-12H,1-2H3,(H,24,28)(H,25,27). The van der Waals surface area contributed by atoms with Crippen molar-refractivity contribution in [3.63, 3.8) is 0 Å². The van der Waals surface area contributed by atoms with Crippen molar-refractivity contribution in [3.8, 4) is 17.2 Å². The number of amides is 2. The van der Waals surface area contributed by atoms with E-state index in [-0.39, 0.29) is 39.4 Å². The van der Waals surface area contributed by atoms with E-state index >= 15 is 0 Å². The number of benzene rings is 3. The van der Waals surface area contributed by atoms with Crippen molar-refractivity contribution in [2.45, 2.75) is 0 Å². The Bertz CT molecular complexity index is 1200. The third kappa shape index (κ3) is 4.96. The summed E-state index contributed by atoms with van der Waals surface area (Å²) in [6.07, 6.45) is 0. The fourth-order valence-corrected chi connectivity index (χ4v) is 3.02. The number of methoxy groups -OCH3 is 1. The first-order valence-corrected chi connectivity index (χ1v) is 9.64. The van der Waals surface area contributed by atoms with Gasteiger partial charge in [-0.2, -0.15) is 0 Å². The zero-order valence-corrected chi connectivity index (χ0v) is 17.8. The number of para-hydroxylation sites is 1. The lowest BCUT2D eigenvalue weighted by Gasteiger charge is -2.13. The van der Waals surface area contributed by atoms with E-state index in [0.29, 0.717) is 11.3 Å². The van der Waals surface area contributed by atoms with Crippen LogP contribution in [0.3, 0.4) is 0 Å². The van der Waals surface area contributed by atoms with Crippen molar-refractivity contribution >= 4 is 34.8 Å². The smallest absolute Gasteiger partial charge is 0.313 e. The van der Waals surface area contributed by atoms with Crippen molar-refractivity contribution in [1.29, 1.82) is 0 Å². The fourth-order valence-electron chi connectivity index (χ4n) is 2.85. The molecule has 3 aromatic carbocycles. The lowest BCUT2D eigenvalue weighted by atomic mass is 10.1. The molecule has 10 heteroatoms. The van der Waals surface area contributed by atoms with Gasteiger partial charge in [0.2, 0.25) is 5.75 Å². The number of ether oxygens (including phenoxy) is 2. The number of anilines is 1. The Labute approximate surface area is 188 Å². The molecule has 0 aliphatic heterocycles. The minimum atomic E-state index is -0.612. The average molecular weight is 456 g/mol. The second-order valence-electron chi connectivity index (χ2n) is 6.42. The van der Waals surface area contributed by atoms with Gasteiger partial charge in [0.05, 0.1) is 23.3 Å². The van der Waals surface area contributed by atoms with Crippen LogP contribution in [0.2, 0.25) is 5.02 Å². The van der Waals surface area contributed by atoms with Gasteiger partial charge in [-0.1, -0.05) is 23.7 Å². The quantitative estimate of drug-likeness (QED) is 0.395. The number of hydrogen-bond donors (Lipinski definition) is 2. The SMILES string of the molecule is CNC(=O)c1ccccc1NC(=O)c1ccc(Oc2ccc(Cl)cc2[N+](=O)[O-])c(OC)c1. The lowest BCUT2D eigenvalue weighted by Crippen LogP contribution is -2.21. The number of carbonyl (C=O) groups is 2. The summed E-state index contributed by atoms with van der Waals surface area (Å²) in [4.78, 5) is 35.4. The van der Waals surface area contributed by atoms with Crippen LogP contribution in [0.5, 0.6) is 17.2 Å². The number of nitro benzene ring substituents is 1. The summed E-state index contributed by atoms with van der Waals surface area (Å²) in [6.45, 7) is 0. The van der Waals surface area contributed by atoms with Gasteiger partial charge in [0.1, 0.15) is 0 Å². The Morgan fingerprint density at radius 2 is 1.69 bits per heavy atom. The largest absolute Gasteiger partial charge is 0.493 e. The topological polar surface area (TPSA) is 120 Å². The van der Waals surface area contributed by atoms with Crippen molar-refractivity contribution in [1.82, 2.24) is 5.32 Å². The van der Waals surface area contributed by atoms with E-state index in [1.165, 1.54) is 50.6 Å². The molecule has 3 rings (SSSR count). The Kier molecular flexibility index (Phi) is 6.91. The van der Waals surface area contributed by atoms with Crippen LogP contribution >= 0.6 is 11.6 Å². The molecule has 9 nitrogen and oxygen atoms in total. The number of nitrogens with one attached hydrogen (secondary N) is 2. The molecule has 2 amide bonds. The lowest BCUT2D eigenvalue weighted by molar-refractivity contribution is -0.385. The Balaban J connectivity index is 1.87. The summed E-state index contributed by atoms with van der Waals surface area (Å²) in [5.41, 5.74) is 0.567. The highest BCUT2D eigenvalue weighted by Gasteiger charge is 2.20. The molecule has 0 fully saturated rings. The zero-order valence-electron chi connectivity index (χ0n) is 17.0. The van der Waals surface area contributed by atoms with E-state index in [9.17, 15) is 19.7 Å². The van der Waals surface area contributed by atoms with Crippen LogP contribution in [0.25, 0.3) is 0 Å². The molecule has 0 atom stereocenters. The molecule has 3 aromatic rings. The maximum absolute atomic E-state index is 12.8. The molecular weight excluding hydrogens is 438 g/mol. The van der Waals surface area contributed by atoms with Gasteiger partial charge in [-0.15, -0.1) is 0 Å². The zero-order chi connectivity index (χ0) is 23.3. The Hall–Kier alpha value is -4.11. The first kappa shape index (κ1) is 22.6. The molecular formula is C22H18ClN3O6. The first-order valence-electron chi connectivity index (χ1n) is 9.26. The van der Waals surface area contributed by atoms with Gasteiger partial charge in [-0.3, -0.25) is 19.7 Å². The third-order valence-corrected chi connectivity index (χ3v) is 4.65. The predicted octanol–water partition coefficient (Wildman–Crippen LogP) is 4.66. The molecule has 0 unspecified atom stereocenters.